The topological polar surface area (TPSA) is 58.6 Å². The largest absolute Gasteiger partial charge is 0.491 e. The zero-order valence-corrected chi connectivity index (χ0v) is 14.6. The van der Waals surface area contributed by atoms with Gasteiger partial charge in [-0.05, 0) is 44.7 Å². The molecule has 2 aliphatic heterocycles. The molecule has 1 aromatic carbocycles. The highest BCUT2D eigenvalue weighted by Gasteiger charge is 2.31. The van der Waals surface area contributed by atoms with E-state index in [1.807, 2.05) is 32.0 Å². The Balaban J connectivity index is 1.71. The van der Waals surface area contributed by atoms with Gasteiger partial charge in [-0.25, -0.2) is 4.79 Å². The van der Waals surface area contributed by atoms with Gasteiger partial charge in [0.2, 0.25) is 0 Å². The van der Waals surface area contributed by atoms with Crippen molar-refractivity contribution < 1.29 is 13.7 Å². The molecular formula is C17H24N2O3S. The summed E-state index contributed by atoms with van der Waals surface area (Å²) in [5.41, 5.74) is 1.88. The monoisotopic (exact) mass is 336 g/mol. The van der Waals surface area contributed by atoms with Crippen molar-refractivity contribution in [2.24, 2.45) is 0 Å². The lowest BCUT2D eigenvalue weighted by Crippen LogP contribution is -2.37. The Kier molecular flexibility index (Phi) is 4.62. The second-order valence-corrected chi connectivity index (χ2v) is 8.93. The van der Waals surface area contributed by atoms with E-state index in [1.165, 1.54) is 0 Å². The van der Waals surface area contributed by atoms with Gasteiger partial charge in [0.05, 0.1) is 12.3 Å². The Morgan fingerprint density at radius 2 is 2.17 bits per heavy atom. The van der Waals surface area contributed by atoms with Crippen LogP contribution in [0, 0.1) is 0 Å². The Labute approximate surface area is 139 Å². The molecule has 126 valence electrons. The number of nitrogens with one attached hydrogen (secondary N) is 1. The molecule has 0 spiro atoms. The molecule has 0 radical (unpaired) electrons. The standard InChI is InChI=1S/C17H24N2O3S/c1-17(2)8-9-19(10-12-23(17)21)16(20)18-14-7-3-5-13-6-4-11-22-15(13)14/h3,5,7H,4,6,8-12H2,1-2H3,(H,18,20). The average Bonchev–Trinajstić information content (AvgIpc) is 2.67. The number of urea groups is 1. The van der Waals surface area contributed by atoms with Crippen molar-refractivity contribution in [3.63, 3.8) is 0 Å². The van der Waals surface area contributed by atoms with E-state index in [0.29, 0.717) is 25.4 Å². The molecule has 5 nitrogen and oxygen atoms in total. The lowest BCUT2D eigenvalue weighted by atomic mass is 10.1. The number of amides is 2. The van der Waals surface area contributed by atoms with E-state index < -0.39 is 10.8 Å². The van der Waals surface area contributed by atoms with Gasteiger partial charge in [0.15, 0.2) is 0 Å². The minimum absolute atomic E-state index is 0.137. The SMILES string of the molecule is CC1(C)CCN(C(=O)Nc2cccc3c2OCCC3)CCS1=O. The number of benzene rings is 1. The summed E-state index contributed by atoms with van der Waals surface area (Å²) < 4.78 is 17.7. The van der Waals surface area contributed by atoms with Crippen LogP contribution in [0.2, 0.25) is 0 Å². The van der Waals surface area contributed by atoms with Crippen molar-refractivity contribution >= 4 is 22.5 Å². The first kappa shape index (κ1) is 16.3. The van der Waals surface area contributed by atoms with Gasteiger partial charge in [-0.15, -0.1) is 0 Å². The Hall–Kier alpha value is -1.56. The van der Waals surface area contributed by atoms with E-state index in [2.05, 4.69) is 5.32 Å². The number of anilines is 1. The number of hydrogen-bond acceptors (Lipinski definition) is 3. The zero-order chi connectivity index (χ0) is 16.4. The highest BCUT2D eigenvalue weighted by molar-refractivity contribution is 7.86. The van der Waals surface area contributed by atoms with Gasteiger partial charge in [-0.2, -0.15) is 0 Å². The molecule has 1 saturated heterocycles. The maximum Gasteiger partial charge on any atom is 0.321 e. The van der Waals surface area contributed by atoms with Crippen LogP contribution in [0.25, 0.3) is 0 Å². The number of hydrogen-bond donors (Lipinski definition) is 1. The van der Waals surface area contributed by atoms with Crippen LogP contribution in [0.1, 0.15) is 32.3 Å². The summed E-state index contributed by atoms with van der Waals surface area (Å²) >= 11 is 0. The summed E-state index contributed by atoms with van der Waals surface area (Å²) in [5, 5.41) is 2.97. The molecule has 0 saturated carbocycles. The van der Waals surface area contributed by atoms with Crippen LogP contribution in [0.3, 0.4) is 0 Å². The number of carbonyl (C=O) groups excluding carboxylic acids is 1. The third-order valence-electron chi connectivity index (χ3n) is 4.61. The summed E-state index contributed by atoms with van der Waals surface area (Å²) in [7, 11) is -0.900. The van der Waals surface area contributed by atoms with E-state index in [1.54, 1.807) is 4.90 Å². The van der Waals surface area contributed by atoms with Crippen molar-refractivity contribution in [2.75, 3.05) is 30.8 Å². The normalized spacial score (nSPS) is 23.4. The summed E-state index contributed by atoms with van der Waals surface area (Å²) in [5.74, 6) is 1.33. The summed E-state index contributed by atoms with van der Waals surface area (Å²) in [6.45, 7) is 5.85. The fourth-order valence-corrected chi connectivity index (χ4v) is 4.24. The zero-order valence-electron chi connectivity index (χ0n) is 13.8. The molecule has 2 aliphatic rings. The lowest BCUT2D eigenvalue weighted by Gasteiger charge is -2.24. The van der Waals surface area contributed by atoms with Crippen LogP contribution in [0.15, 0.2) is 18.2 Å². The third kappa shape index (κ3) is 3.52. The molecule has 0 aromatic heterocycles. The Morgan fingerprint density at radius 1 is 1.35 bits per heavy atom. The molecule has 1 atom stereocenters. The van der Waals surface area contributed by atoms with Crippen molar-refractivity contribution in [2.45, 2.75) is 37.9 Å². The number of aryl methyl sites for hydroxylation is 1. The van der Waals surface area contributed by atoms with Gasteiger partial charge in [0, 0.05) is 34.4 Å². The number of rotatable bonds is 1. The highest BCUT2D eigenvalue weighted by Crippen LogP contribution is 2.33. The molecule has 1 fully saturated rings. The van der Waals surface area contributed by atoms with Crippen LogP contribution in [-0.4, -0.2) is 45.3 Å². The fraction of sp³-hybridized carbons (Fsp3) is 0.588. The maximum atomic E-state index is 12.6. The first-order chi connectivity index (χ1) is 11.0. The molecule has 1 aromatic rings. The number of carbonyl (C=O) groups is 1. The van der Waals surface area contributed by atoms with Crippen molar-refractivity contribution in [1.29, 1.82) is 0 Å². The molecule has 6 heteroatoms. The third-order valence-corrected chi connectivity index (χ3v) is 6.60. The van der Waals surface area contributed by atoms with Gasteiger partial charge >= 0.3 is 6.03 Å². The Morgan fingerprint density at radius 3 is 3.00 bits per heavy atom. The van der Waals surface area contributed by atoms with Crippen LogP contribution in [-0.2, 0) is 17.2 Å². The van der Waals surface area contributed by atoms with Gasteiger partial charge in [0.25, 0.3) is 0 Å². The minimum atomic E-state index is -0.900. The summed E-state index contributed by atoms with van der Waals surface area (Å²) in [6.07, 6.45) is 2.74. The molecule has 3 rings (SSSR count). The van der Waals surface area contributed by atoms with Crippen molar-refractivity contribution in [3.8, 4) is 5.75 Å². The number of fused-ring (bicyclic) bond motifs is 1. The molecule has 1 N–H and O–H groups in total. The van der Waals surface area contributed by atoms with E-state index in [-0.39, 0.29) is 10.8 Å². The van der Waals surface area contributed by atoms with Crippen LogP contribution >= 0.6 is 0 Å². The predicted molar refractivity (Wildman–Crippen MR) is 92.6 cm³/mol. The van der Waals surface area contributed by atoms with Crippen LogP contribution in [0.4, 0.5) is 10.5 Å². The maximum absolute atomic E-state index is 12.6. The lowest BCUT2D eigenvalue weighted by molar-refractivity contribution is 0.213. The van der Waals surface area contributed by atoms with Gasteiger partial charge in [0.1, 0.15) is 5.75 Å². The van der Waals surface area contributed by atoms with E-state index in [9.17, 15) is 9.00 Å². The fourth-order valence-electron chi connectivity index (χ4n) is 2.98. The molecule has 1 unspecified atom stereocenters. The van der Waals surface area contributed by atoms with E-state index in [4.69, 9.17) is 4.74 Å². The van der Waals surface area contributed by atoms with Gasteiger partial charge < -0.3 is 15.0 Å². The van der Waals surface area contributed by atoms with Crippen LogP contribution in [0.5, 0.6) is 5.75 Å². The molecule has 2 amide bonds. The first-order valence-corrected chi connectivity index (χ1v) is 9.48. The second-order valence-electron chi connectivity index (χ2n) is 6.72. The van der Waals surface area contributed by atoms with Gasteiger partial charge in [-0.1, -0.05) is 12.1 Å². The predicted octanol–water partition coefficient (Wildman–Crippen LogP) is 2.78. The quantitative estimate of drug-likeness (QED) is 0.858. The van der Waals surface area contributed by atoms with E-state index >= 15 is 0 Å². The average molecular weight is 336 g/mol. The first-order valence-electron chi connectivity index (χ1n) is 8.16. The minimum Gasteiger partial charge on any atom is -0.491 e. The number of ether oxygens (including phenoxy) is 1. The van der Waals surface area contributed by atoms with E-state index in [0.717, 1.165) is 36.3 Å². The van der Waals surface area contributed by atoms with Crippen LogP contribution < -0.4 is 10.1 Å². The molecule has 2 heterocycles. The number of nitrogens with zero attached hydrogens (tertiary/aromatic N) is 1. The molecular weight excluding hydrogens is 312 g/mol. The van der Waals surface area contributed by atoms with Crippen molar-refractivity contribution in [1.82, 2.24) is 4.90 Å². The molecule has 0 aliphatic carbocycles. The summed E-state index contributed by atoms with van der Waals surface area (Å²) in [6, 6.07) is 5.73. The molecule has 23 heavy (non-hydrogen) atoms. The smallest absolute Gasteiger partial charge is 0.321 e. The second kappa shape index (κ2) is 6.51. The van der Waals surface area contributed by atoms with Gasteiger partial charge in [-0.3, -0.25) is 4.21 Å². The van der Waals surface area contributed by atoms with Crippen molar-refractivity contribution in [3.05, 3.63) is 23.8 Å². The molecule has 0 bridgehead atoms. The summed E-state index contributed by atoms with van der Waals surface area (Å²) in [4.78, 5) is 14.3. The highest BCUT2D eigenvalue weighted by atomic mass is 32.2. The number of para-hydroxylation sites is 1. The Bertz CT molecular complexity index is 630.